The monoisotopic (exact) mass is 633 g/mol. The van der Waals surface area contributed by atoms with Crippen molar-refractivity contribution in [1.29, 1.82) is 0 Å². The summed E-state index contributed by atoms with van der Waals surface area (Å²) in [5, 5.41) is 10.4. The van der Waals surface area contributed by atoms with E-state index in [-0.39, 0.29) is 0 Å². The summed E-state index contributed by atoms with van der Waals surface area (Å²) < 4.78 is 5.27. The summed E-state index contributed by atoms with van der Waals surface area (Å²) in [5.74, 6) is 0. The number of nitrogens with zero attached hydrogens (tertiary/aromatic N) is 1. The third-order valence-electron chi connectivity index (χ3n) is 9.45. The molecule has 0 saturated heterocycles. The van der Waals surface area contributed by atoms with Crippen LogP contribution in [0.15, 0.2) is 164 Å². The van der Waals surface area contributed by atoms with E-state index in [9.17, 15) is 0 Å². The molecule has 0 atom stereocenters. The minimum absolute atomic E-state index is 1.14. The first-order chi connectivity index (χ1) is 23.3. The number of fused-ring (bicyclic) bond motifs is 9. The van der Waals surface area contributed by atoms with Crippen LogP contribution in [0.25, 0.3) is 73.0 Å². The predicted octanol–water partition coefficient (Wildman–Crippen LogP) is 13.9. The third kappa shape index (κ3) is 4.14. The molecule has 2 aromatic heterocycles. The molecule has 10 rings (SSSR count). The van der Waals surface area contributed by atoms with Crippen molar-refractivity contribution in [2.45, 2.75) is 0 Å². The number of benzene rings is 8. The van der Waals surface area contributed by atoms with Crippen molar-refractivity contribution in [2.24, 2.45) is 0 Å². The summed E-state index contributed by atoms with van der Waals surface area (Å²) in [6.45, 7) is 0. The molecule has 8 aromatic carbocycles. The normalized spacial score (nSPS) is 11.8. The summed E-state index contributed by atoms with van der Waals surface area (Å²) in [5.41, 5.74) is 6.02. The Balaban J connectivity index is 1.21. The number of hydrogen-bond acceptors (Lipinski definition) is 3. The molecule has 0 amide bonds. The molecule has 0 radical (unpaired) electrons. The maximum absolute atomic E-state index is 2.46. The van der Waals surface area contributed by atoms with Crippen molar-refractivity contribution < 1.29 is 0 Å². The van der Waals surface area contributed by atoms with E-state index in [1.807, 2.05) is 22.7 Å². The van der Waals surface area contributed by atoms with Gasteiger partial charge in [0.2, 0.25) is 0 Å². The Hall–Kier alpha value is -5.48. The Labute approximate surface area is 280 Å². The Morgan fingerprint density at radius 2 is 0.979 bits per heavy atom. The standard InChI is InChI=1S/C44H27NS2/c1-3-13-32-28(10-1)12-7-18-37(32)45(38-19-8-17-36-43-33-14-4-2-11-29(33)24-27-41(43)47-44(36)38)31-25-22-30(23-26-31)34-16-9-21-40-42(34)35-15-5-6-20-39(35)46-40/h1-27H. The van der Waals surface area contributed by atoms with Gasteiger partial charge in [-0.25, -0.2) is 0 Å². The van der Waals surface area contributed by atoms with Crippen LogP contribution in [0.4, 0.5) is 17.1 Å². The van der Waals surface area contributed by atoms with Crippen molar-refractivity contribution in [2.75, 3.05) is 4.90 Å². The first kappa shape index (κ1) is 26.7. The maximum Gasteiger partial charge on any atom is 0.0640 e. The van der Waals surface area contributed by atoms with Crippen LogP contribution in [0.3, 0.4) is 0 Å². The van der Waals surface area contributed by atoms with E-state index in [1.165, 1.54) is 84.4 Å². The van der Waals surface area contributed by atoms with E-state index in [0.29, 0.717) is 0 Å². The van der Waals surface area contributed by atoms with Gasteiger partial charge in [0, 0.05) is 46.7 Å². The minimum atomic E-state index is 1.14. The van der Waals surface area contributed by atoms with Crippen LogP contribution in [0.2, 0.25) is 0 Å². The second-order valence-electron chi connectivity index (χ2n) is 12.1. The Kier molecular flexibility index (Phi) is 5.98. The fourth-order valence-corrected chi connectivity index (χ4v) is 9.70. The summed E-state index contributed by atoms with van der Waals surface area (Å²) in [6.07, 6.45) is 0. The number of anilines is 3. The lowest BCUT2D eigenvalue weighted by molar-refractivity contribution is 1.32. The van der Waals surface area contributed by atoms with Crippen LogP contribution in [0, 0.1) is 0 Å². The van der Waals surface area contributed by atoms with Crippen LogP contribution in [0.5, 0.6) is 0 Å². The van der Waals surface area contributed by atoms with Gasteiger partial charge in [-0.2, -0.15) is 0 Å². The molecule has 2 heterocycles. The topological polar surface area (TPSA) is 3.24 Å². The average molecular weight is 634 g/mol. The van der Waals surface area contributed by atoms with E-state index in [4.69, 9.17) is 0 Å². The van der Waals surface area contributed by atoms with Crippen LogP contribution in [-0.4, -0.2) is 0 Å². The van der Waals surface area contributed by atoms with Gasteiger partial charge in [0.1, 0.15) is 0 Å². The first-order valence-electron chi connectivity index (χ1n) is 15.9. The summed E-state index contributed by atoms with van der Waals surface area (Å²) in [6, 6.07) is 60.1. The van der Waals surface area contributed by atoms with Crippen molar-refractivity contribution >= 4 is 102 Å². The highest BCUT2D eigenvalue weighted by Gasteiger charge is 2.21. The molecule has 0 spiro atoms. The summed E-state index contributed by atoms with van der Waals surface area (Å²) in [7, 11) is 0. The highest BCUT2D eigenvalue weighted by Crippen LogP contribution is 2.48. The Bertz CT molecular complexity index is 2800. The maximum atomic E-state index is 2.46. The Morgan fingerprint density at radius 1 is 0.362 bits per heavy atom. The zero-order valence-electron chi connectivity index (χ0n) is 25.4. The lowest BCUT2D eigenvalue weighted by Crippen LogP contribution is -2.10. The molecule has 10 aromatic rings. The van der Waals surface area contributed by atoms with E-state index in [1.54, 1.807) is 0 Å². The molecular weight excluding hydrogens is 607 g/mol. The second-order valence-corrected chi connectivity index (χ2v) is 14.2. The largest absolute Gasteiger partial charge is 0.308 e. The van der Waals surface area contributed by atoms with Crippen molar-refractivity contribution in [3.8, 4) is 11.1 Å². The van der Waals surface area contributed by atoms with E-state index in [0.717, 1.165) is 5.69 Å². The first-order valence-corrected chi connectivity index (χ1v) is 17.6. The SMILES string of the molecule is c1ccc2c(N(c3ccc(-c4cccc5sc6ccccc6c45)cc3)c3cccc4c3sc3ccc5ccccc5c34)cccc2c1. The molecule has 0 aliphatic carbocycles. The molecule has 0 bridgehead atoms. The molecule has 0 fully saturated rings. The lowest BCUT2D eigenvalue weighted by atomic mass is 9.99. The van der Waals surface area contributed by atoms with Gasteiger partial charge in [0.15, 0.2) is 0 Å². The lowest BCUT2D eigenvalue weighted by Gasteiger charge is -2.27. The highest BCUT2D eigenvalue weighted by atomic mass is 32.1. The van der Waals surface area contributed by atoms with Gasteiger partial charge >= 0.3 is 0 Å². The van der Waals surface area contributed by atoms with E-state index in [2.05, 4.69) is 169 Å². The molecular formula is C44H27NS2. The molecule has 0 N–H and O–H groups in total. The van der Waals surface area contributed by atoms with Crippen molar-refractivity contribution in [1.82, 2.24) is 0 Å². The molecule has 0 aliphatic rings. The molecule has 47 heavy (non-hydrogen) atoms. The number of thiophene rings is 2. The minimum Gasteiger partial charge on any atom is -0.308 e. The summed E-state index contributed by atoms with van der Waals surface area (Å²) in [4.78, 5) is 2.46. The van der Waals surface area contributed by atoms with Crippen LogP contribution in [-0.2, 0) is 0 Å². The van der Waals surface area contributed by atoms with Crippen LogP contribution < -0.4 is 4.90 Å². The zero-order valence-corrected chi connectivity index (χ0v) is 27.0. The summed E-state index contributed by atoms with van der Waals surface area (Å²) >= 11 is 3.76. The third-order valence-corrected chi connectivity index (χ3v) is 11.8. The second kappa shape index (κ2) is 10.5. The van der Waals surface area contributed by atoms with Crippen molar-refractivity contribution in [3.05, 3.63) is 164 Å². The predicted molar refractivity (Wildman–Crippen MR) is 207 cm³/mol. The van der Waals surface area contributed by atoms with Gasteiger partial charge in [0.25, 0.3) is 0 Å². The smallest absolute Gasteiger partial charge is 0.0640 e. The van der Waals surface area contributed by atoms with Crippen molar-refractivity contribution in [3.63, 3.8) is 0 Å². The average Bonchev–Trinajstić information content (AvgIpc) is 3.72. The van der Waals surface area contributed by atoms with E-state index >= 15 is 0 Å². The molecule has 220 valence electrons. The number of rotatable bonds is 4. The molecule has 3 heteroatoms. The van der Waals surface area contributed by atoms with Crippen LogP contribution >= 0.6 is 22.7 Å². The highest BCUT2D eigenvalue weighted by molar-refractivity contribution is 7.26. The molecule has 0 aliphatic heterocycles. The van der Waals surface area contributed by atoms with Gasteiger partial charge in [-0.3, -0.25) is 0 Å². The molecule has 1 nitrogen and oxygen atoms in total. The zero-order chi connectivity index (χ0) is 30.9. The molecule has 0 unspecified atom stereocenters. The van der Waals surface area contributed by atoms with E-state index < -0.39 is 0 Å². The fourth-order valence-electron chi connectivity index (χ4n) is 7.35. The quantitative estimate of drug-likeness (QED) is 0.186. The fraction of sp³-hybridized carbons (Fsp3) is 0. The van der Waals surface area contributed by atoms with Gasteiger partial charge in [-0.15, -0.1) is 22.7 Å². The van der Waals surface area contributed by atoms with Gasteiger partial charge in [-0.05, 0) is 69.8 Å². The van der Waals surface area contributed by atoms with Gasteiger partial charge in [-0.1, -0.05) is 121 Å². The van der Waals surface area contributed by atoms with Crippen LogP contribution in [0.1, 0.15) is 0 Å². The van der Waals surface area contributed by atoms with Gasteiger partial charge < -0.3 is 4.90 Å². The Morgan fingerprint density at radius 3 is 1.85 bits per heavy atom. The van der Waals surface area contributed by atoms with Gasteiger partial charge in [0.05, 0.1) is 16.1 Å². The molecule has 0 saturated carbocycles. The number of hydrogen-bond donors (Lipinski definition) is 0.